The number of rotatable bonds is 5. The molecule has 0 bridgehead atoms. The Morgan fingerprint density at radius 2 is 2.00 bits per heavy atom. The first-order valence-electron chi connectivity index (χ1n) is 6.66. The third-order valence-corrected chi connectivity index (χ3v) is 4.73. The number of aromatic hydroxyl groups is 1. The maximum Gasteiger partial charge on any atom is 0.142 e. The van der Waals surface area contributed by atoms with Crippen molar-refractivity contribution in [3.8, 4) is 5.75 Å². The minimum absolute atomic E-state index is 0.282. The second kappa shape index (κ2) is 6.32. The van der Waals surface area contributed by atoms with Crippen LogP contribution < -0.4 is 5.32 Å². The van der Waals surface area contributed by atoms with Gasteiger partial charge in [0.25, 0.3) is 0 Å². The summed E-state index contributed by atoms with van der Waals surface area (Å²) >= 11 is 3.29. The predicted octanol–water partition coefficient (Wildman–Crippen LogP) is 4.12. The zero-order chi connectivity index (χ0) is 14.7. The first kappa shape index (κ1) is 14.2. The molecule has 0 saturated carbocycles. The fourth-order valence-electron chi connectivity index (χ4n) is 1.96. The van der Waals surface area contributed by atoms with E-state index < -0.39 is 0 Å². The van der Waals surface area contributed by atoms with Gasteiger partial charge in [-0.05, 0) is 42.6 Å². The number of nitrogens with one attached hydrogen (secondary N) is 1. The van der Waals surface area contributed by atoms with Crippen LogP contribution in [0.15, 0.2) is 40.6 Å². The molecule has 0 aliphatic heterocycles. The minimum atomic E-state index is 0.282. The number of anilines is 1. The molecular formula is C15H15N3OS2. The van der Waals surface area contributed by atoms with Crippen LogP contribution in [-0.4, -0.2) is 21.6 Å². The van der Waals surface area contributed by atoms with Crippen LogP contribution in [0.3, 0.4) is 0 Å². The zero-order valence-corrected chi connectivity index (χ0v) is 13.2. The molecule has 21 heavy (non-hydrogen) atoms. The topological polar surface area (TPSA) is 58.0 Å². The van der Waals surface area contributed by atoms with E-state index in [-0.39, 0.29) is 5.75 Å². The largest absolute Gasteiger partial charge is 0.508 e. The van der Waals surface area contributed by atoms with Crippen molar-refractivity contribution in [2.45, 2.75) is 17.6 Å². The van der Waals surface area contributed by atoms with Gasteiger partial charge in [-0.15, -0.1) is 23.1 Å². The SMILES string of the molecule is CCNc1nc(CSc2ccc(O)cc2)nc2sccc12. The third-order valence-electron chi connectivity index (χ3n) is 2.92. The molecule has 0 unspecified atom stereocenters. The van der Waals surface area contributed by atoms with E-state index >= 15 is 0 Å². The van der Waals surface area contributed by atoms with Gasteiger partial charge in [0, 0.05) is 11.4 Å². The van der Waals surface area contributed by atoms with Gasteiger partial charge in [0.05, 0.1) is 11.1 Å². The molecule has 3 aromatic rings. The maximum absolute atomic E-state index is 9.29. The van der Waals surface area contributed by atoms with Gasteiger partial charge in [0.2, 0.25) is 0 Å². The molecule has 0 spiro atoms. The maximum atomic E-state index is 9.29. The molecule has 0 saturated heterocycles. The van der Waals surface area contributed by atoms with E-state index in [4.69, 9.17) is 0 Å². The average Bonchev–Trinajstić information content (AvgIpc) is 2.96. The Hall–Kier alpha value is -1.79. The van der Waals surface area contributed by atoms with E-state index in [1.165, 1.54) is 0 Å². The van der Waals surface area contributed by atoms with Crippen molar-refractivity contribution in [3.63, 3.8) is 0 Å². The summed E-state index contributed by atoms with van der Waals surface area (Å²) in [4.78, 5) is 11.3. The molecule has 2 N–H and O–H groups in total. The summed E-state index contributed by atoms with van der Waals surface area (Å²) in [6.45, 7) is 2.90. The molecule has 0 aliphatic rings. The number of aromatic nitrogens is 2. The van der Waals surface area contributed by atoms with Gasteiger partial charge in [0.1, 0.15) is 22.2 Å². The second-order valence-corrected chi connectivity index (χ2v) is 6.38. The lowest BCUT2D eigenvalue weighted by molar-refractivity contribution is 0.475. The molecule has 2 heterocycles. The minimum Gasteiger partial charge on any atom is -0.508 e. The van der Waals surface area contributed by atoms with Crippen molar-refractivity contribution in [2.75, 3.05) is 11.9 Å². The number of fused-ring (bicyclic) bond motifs is 1. The molecule has 0 radical (unpaired) electrons. The molecule has 6 heteroatoms. The normalized spacial score (nSPS) is 10.9. The van der Waals surface area contributed by atoms with E-state index in [0.717, 1.165) is 33.3 Å². The van der Waals surface area contributed by atoms with Gasteiger partial charge in [0.15, 0.2) is 0 Å². The summed E-state index contributed by atoms with van der Waals surface area (Å²) < 4.78 is 0. The van der Waals surface area contributed by atoms with Crippen molar-refractivity contribution in [1.82, 2.24) is 9.97 Å². The Labute approximate surface area is 131 Å². The quantitative estimate of drug-likeness (QED) is 0.693. The van der Waals surface area contributed by atoms with Crippen LogP contribution in [0.1, 0.15) is 12.7 Å². The summed E-state index contributed by atoms with van der Waals surface area (Å²) in [7, 11) is 0. The molecule has 0 fully saturated rings. The zero-order valence-electron chi connectivity index (χ0n) is 11.5. The first-order valence-corrected chi connectivity index (χ1v) is 8.52. The smallest absolute Gasteiger partial charge is 0.142 e. The first-order chi connectivity index (χ1) is 10.3. The van der Waals surface area contributed by atoms with Gasteiger partial charge in [-0.25, -0.2) is 9.97 Å². The van der Waals surface area contributed by atoms with Crippen molar-refractivity contribution >= 4 is 39.1 Å². The van der Waals surface area contributed by atoms with Crippen molar-refractivity contribution < 1.29 is 5.11 Å². The van der Waals surface area contributed by atoms with Crippen LogP contribution in [0.4, 0.5) is 5.82 Å². The Bertz CT molecular complexity index is 740. The Morgan fingerprint density at radius 1 is 1.19 bits per heavy atom. The molecule has 0 aliphatic carbocycles. The third kappa shape index (κ3) is 3.28. The van der Waals surface area contributed by atoms with E-state index in [9.17, 15) is 5.11 Å². The number of hydrogen-bond donors (Lipinski definition) is 2. The van der Waals surface area contributed by atoms with Crippen LogP contribution in [0.5, 0.6) is 5.75 Å². The number of phenols is 1. The van der Waals surface area contributed by atoms with Crippen LogP contribution >= 0.6 is 23.1 Å². The summed E-state index contributed by atoms with van der Waals surface area (Å²) in [5.74, 6) is 2.71. The number of thiophene rings is 1. The van der Waals surface area contributed by atoms with E-state index in [1.54, 1.807) is 35.2 Å². The van der Waals surface area contributed by atoms with E-state index in [0.29, 0.717) is 5.75 Å². The van der Waals surface area contributed by atoms with Crippen LogP contribution in [0.2, 0.25) is 0 Å². The molecule has 0 amide bonds. The fourth-order valence-corrected chi connectivity index (χ4v) is 3.49. The van der Waals surface area contributed by atoms with Gasteiger partial charge in [-0.2, -0.15) is 0 Å². The van der Waals surface area contributed by atoms with Crippen LogP contribution in [0.25, 0.3) is 10.2 Å². The second-order valence-electron chi connectivity index (χ2n) is 4.44. The highest BCUT2D eigenvalue weighted by Crippen LogP contribution is 2.28. The summed E-state index contributed by atoms with van der Waals surface area (Å²) in [5, 5.41) is 15.7. The molecule has 0 atom stereocenters. The Balaban J connectivity index is 1.81. The summed E-state index contributed by atoms with van der Waals surface area (Å²) in [6, 6.07) is 9.23. The lowest BCUT2D eigenvalue weighted by Gasteiger charge is -2.07. The highest BCUT2D eigenvalue weighted by atomic mass is 32.2. The Morgan fingerprint density at radius 3 is 2.76 bits per heavy atom. The predicted molar refractivity (Wildman–Crippen MR) is 89.2 cm³/mol. The lowest BCUT2D eigenvalue weighted by atomic mass is 10.3. The fraction of sp³-hybridized carbons (Fsp3) is 0.200. The number of thioether (sulfide) groups is 1. The standard InChI is InChI=1S/C15H15N3OS2/c1-2-16-14-12-7-8-20-15(12)18-13(17-14)9-21-11-5-3-10(19)4-6-11/h3-8,19H,2,9H2,1H3,(H,16,17,18). The molecule has 108 valence electrons. The van der Waals surface area contributed by atoms with Gasteiger partial charge < -0.3 is 10.4 Å². The van der Waals surface area contributed by atoms with Gasteiger partial charge in [-0.1, -0.05) is 0 Å². The molecule has 2 aromatic heterocycles. The molecule has 3 rings (SSSR count). The van der Waals surface area contributed by atoms with E-state index in [2.05, 4.69) is 28.3 Å². The van der Waals surface area contributed by atoms with Crippen molar-refractivity contribution in [1.29, 1.82) is 0 Å². The number of hydrogen-bond acceptors (Lipinski definition) is 6. The summed E-state index contributed by atoms with van der Waals surface area (Å²) in [5.41, 5.74) is 0. The molecule has 1 aromatic carbocycles. The Kier molecular flexibility index (Phi) is 4.26. The van der Waals surface area contributed by atoms with E-state index in [1.807, 2.05) is 17.5 Å². The number of benzene rings is 1. The molecule has 4 nitrogen and oxygen atoms in total. The monoisotopic (exact) mass is 317 g/mol. The molecular weight excluding hydrogens is 302 g/mol. The van der Waals surface area contributed by atoms with Gasteiger partial charge in [-0.3, -0.25) is 0 Å². The van der Waals surface area contributed by atoms with Gasteiger partial charge >= 0.3 is 0 Å². The van der Waals surface area contributed by atoms with Crippen LogP contribution in [0, 0.1) is 0 Å². The van der Waals surface area contributed by atoms with Crippen molar-refractivity contribution in [3.05, 3.63) is 41.5 Å². The lowest BCUT2D eigenvalue weighted by Crippen LogP contribution is -2.03. The van der Waals surface area contributed by atoms with Crippen LogP contribution in [-0.2, 0) is 5.75 Å². The summed E-state index contributed by atoms with van der Waals surface area (Å²) in [6.07, 6.45) is 0. The number of phenolic OH excluding ortho intramolecular Hbond substituents is 1. The highest BCUT2D eigenvalue weighted by molar-refractivity contribution is 7.98. The highest BCUT2D eigenvalue weighted by Gasteiger charge is 2.08. The number of nitrogens with zero attached hydrogens (tertiary/aromatic N) is 2. The van der Waals surface area contributed by atoms with Crippen molar-refractivity contribution in [2.24, 2.45) is 0 Å². The average molecular weight is 317 g/mol.